The lowest BCUT2D eigenvalue weighted by Crippen LogP contribution is -2.34. The normalized spacial score (nSPS) is 30.5. The van der Waals surface area contributed by atoms with Gasteiger partial charge in [-0.25, -0.2) is 0 Å². The minimum Gasteiger partial charge on any atom is -0.388 e. The van der Waals surface area contributed by atoms with Gasteiger partial charge < -0.3 is 10.6 Å². The number of hydrogen-bond acceptors (Lipinski definition) is 3. The summed E-state index contributed by atoms with van der Waals surface area (Å²) in [6.45, 7) is 6.76. The molecule has 1 aliphatic rings. The van der Waals surface area contributed by atoms with E-state index in [4.69, 9.17) is 10.6 Å². The van der Waals surface area contributed by atoms with Crippen LogP contribution in [-0.4, -0.2) is 17.9 Å². The van der Waals surface area contributed by atoms with E-state index in [-0.39, 0.29) is 5.60 Å². The average Bonchev–Trinajstić information content (AvgIpc) is 2.33. The van der Waals surface area contributed by atoms with E-state index in [9.17, 15) is 0 Å². The Morgan fingerprint density at radius 1 is 1.73 bits per heavy atom. The number of nitrogens with two attached hydrogens (primary N) is 1. The van der Waals surface area contributed by atoms with Crippen molar-refractivity contribution in [3.63, 3.8) is 0 Å². The SMILES string of the molecule is CC(C)C1=NO[C@@](C)(CN)C1. The fourth-order valence-corrected chi connectivity index (χ4v) is 1.04. The highest BCUT2D eigenvalue weighted by atomic mass is 16.7. The van der Waals surface area contributed by atoms with E-state index in [1.165, 1.54) is 0 Å². The van der Waals surface area contributed by atoms with Gasteiger partial charge in [-0.3, -0.25) is 0 Å². The van der Waals surface area contributed by atoms with Crippen LogP contribution in [0.25, 0.3) is 0 Å². The molecule has 1 heterocycles. The summed E-state index contributed by atoms with van der Waals surface area (Å²) in [5.74, 6) is 0.475. The molecule has 3 nitrogen and oxygen atoms in total. The second kappa shape index (κ2) is 2.81. The van der Waals surface area contributed by atoms with Crippen LogP contribution >= 0.6 is 0 Å². The van der Waals surface area contributed by atoms with Crippen molar-refractivity contribution in [2.24, 2.45) is 16.8 Å². The van der Waals surface area contributed by atoms with Crippen molar-refractivity contribution < 1.29 is 4.84 Å². The van der Waals surface area contributed by atoms with Crippen LogP contribution in [0.15, 0.2) is 5.16 Å². The lowest BCUT2D eigenvalue weighted by atomic mass is 9.95. The van der Waals surface area contributed by atoms with Gasteiger partial charge in [-0.1, -0.05) is 19.0 Å². The van der Waals surface area contributed by atoms with Crippen molar-refractivity contribution in [2.75, 3.05) is 6.54 Å². The zero-order valence-electron chi connectivity index (χ0n) is 7.42. The Kier molecular flexibility index (Phi) is 2.18. The molecule has 2 N–H and O–H groups in total. The van der Waals surface area contributed by atoms with Gasteiger partial charge in [-0.2, -0.15) is 0 Å². The molecule has 1 aliphatic heterocycles. The minimum absolute atomic E-state index is 0.237. The summed E-state index contributed by atoms with van der Waals surface area (Å²) in [4.78, 5) is 5.23. The molecule has 0 aromatic carbocycles. The summed E-state index contributed by atoms with van der Waals surface area (Å²) in [7, 11) is 0. The van der Waals surface area contributed by atoms with E-state index >= 15 is 0 Å². The fraction of sp³-hybridized carbons (Fsp3) is 0.875. The first-order chi connectivity index (χ1) is 5.07. The molecule has 0 aromatic rings. The second-order valence-electron chi connectivity index (χ2n) is 3.66. The minimum atomic E-state index is -0.237. The topological polar surface area (TPSA) is 47.6 Å². The van der Waals surface area contributed by atoms with E-state index in [1.807, 2.05) is 6.92 Å². The van der Waals surface area contributed by atoms with Gasteiger partial charge in [0.15, 0.2) is 5.60 Å². The Hall–Kier alpha value is -0.570. The molecule has 0 aromatic heterocycles. The molecular weight excluding hydrogens is 140 g/mol. The lowest BCUT2D eigenvalue weighted by Gasteiger charge is -2.18. The van der Waals surface area contributed by atoms with Crippen molar-refractivity contribution in [1.29, 1.82) is 0 Å². The fourth-order valence-electron chi connectivity index (χ4n) is 1.04. The Morgan fingerprint density at radius 2 is 2.36 bits per heavy atom. The van der Waals surface area contributed by atoms with Gasteiger partial charge in [0, 0.05) is 13.0 Å². The molecule has 3 heteroatoms. The van der Waals surface area contributed by atoms with Crippen molar-refractivity contribution in [3.8, 4) is 0 Å². The highest BCUT2D eigenvalue weighted by Crippen LogP contribution is 2.24. The maximum Gasteiger partial charge on any atom is 0.152 e. The van der Waals surface area contributed by atoms with Crippen LogP contribution in [0.1, 0.15) is 27.2 Å². The average molecular weight is 156 g/mol. The second-order valence-corrected chi connectivity index (χ2v) is 3.66. The molecule has 0 fully saturated rings. The maximum absolute atomic E-state index is 5.53. The number of hydrogen-bond donors (Lipinski definition) is 1. The summed E-state index contributed by atoms with van der Waals surface area (Å²) < 4.78 is 0. The molecule has 64 valence electrons. The highest BCUT2D eigenvalue weighted by Gasteiger charge is 2.33. The lowest BCUT2D eigenvalue weighted by molar-refractivity contribution is 0.00421. The molecule has 0 saturated carbocycles. The third-order valence-electron chi connectivity index (χ3n) is 2.04. The van der Waals surface area contributed by atoms with Crippen molar-refractivity contribution in [3.05, 3.63) is 0 Å². The van der Waals surface area contributed by atoms with Gasteiger partial charge in [0.05, 0.1) is 5.71 Å². The number of nitrogens with zero attached hydrogens (tertiary/aromatic N) is 1. The Labute approximate surface area is 67.6 Å². The predicted molar refractivity (Wildman–Crippen MR) is 45.4 cm³/mol. The molecule has 0 amide bonds. The summed E-state index contributed by atoms with van der Waals surface area (Å²) in [6, 6.07) is 0. The Morgan fingerprint density at radius 3 is 2.64 bits per heavy atom. The predicted octanol–water partition coefficient (Wildman–Crippen LogP) is 1.14. The van der Waals surface area contributed by atoms with Gasteiger partial charge in [0.25, 0.3) is 0 Å². The zero-order valence-corrected chi connectivity index (χ0v) is 7.42. The quantitative estimate of drug-likeness (QED) is 0.651. The molecule has 0 saturated heterocycles. The van der Waals surface area contributed by atoms with E-state index in [1.54, 1.807) is 0 Å². The summed E-state index contributed by atoms with van der Waals surface area (Å²) in [6.07, 6.45) is 0.876. The van der Waals surface area contributed by atoms with Crippen LogP contribution in [0, 0.1) is 5.92 Å². The zero-order chi connectivity index (χ0) is 8.48. The summed E-state index contributed by atoms with van der Waals surface area (Å²) >= 11 is 0. The van der Waals surface area contributed by atoms with Crippen LogP contribution in [0.5, 0.6) is 0 Å². The Bertz CT molecular complexity index is 177. The molecule has 0 aliphatic carbocycles. The van der Waals surface area contributed by atoms with Crippen molar-refractivity contribution in [1.82, 2.24) is 0 Å². The summed E-state index contributed by atoms with van der Waals surface area (Å²) in [5, 5.41) is 4.00. The molecule has 0 spiro atoms. The van der Waals surface area contributed by atoms with Gasteiger partial charge in [-0.15, -0.1) is 0 Å². The molecule has 0 radical (unpaired) electrons. The van der Waals surface area contributed by atoms with E-state index in [0.29, 0.717) is 12.5 Å². The van der Waals surface area contributed by atoms with Gasteiger partial charge in [0.1, 0.15) is 0 Å². The van der Waals surface area contributed by atoms with Crippen molar-refractivity contribution >= 4 is 5.71 Å². The van der Waals surface area contributed by atoms with Crippen LogP contribution in [0.3, 0.4) is 0 Å². The Balaban J connectivity index is 2.55. The molecule has 1 rings (SSSR count). The van der Waals surface area contributed by atoms with Gasteiger partial charge >= 0.3 is 0 Å². The van der Waals surface area contributed by atoms with E-state index in [2.05, 4.69) is 19.0 Å². The van der Waals surface area contributed by atoms with E-state index in [0.717, 1.165) is 12.1 Å². The van der Waals surface area contributed by atoms with Crippen LogP contribution in [-0.2, 0) is 4.84 Å². The van der Waals surface area contributed by atoms with Crippen molar-refractivity contribution in [2.45, 2.75) is 32.8 Å². The van der Waals surface area contributed by atoms with Gasteiger partial charge in [0.2, 0.25) is 0 Å². The third-order valence-corrected chi connectivity index (χ3v) is 2.04. The standard InChI is InChI=1S/C8H16N2O/c1-6(2)7-4-8(3,5-9)11-10-7/h6H,4-5,9H2,1-3H3/t8-/m1/s1. The molecule has 1 atom stereocenters. The first-order valence-electron chi connectivity index (χ1n) is 4.02. The maximum atomic E-state index is 5.53. The third kappa shape index (κ3) is 1.71. The van der Waals surface area contributed by atoms with Gasteiger partial charge in [-0.05, 0) is 12.8 Å². The largest absolute Gasteiger partial charge is 0.388 e. The summed E-state index contributed by atoms with van der Waals surface area (Å²) in [5.41, 5.74) is 6.42. The molecular formula is C8H16N2O. The number of oxime groups is 1. The van der Waals surface area contributed by atoms with Crippen LogP contribution in [0.4, 0.5) is 0 Å². The first-order valence-corrected chi connectivity index (χ1v) is 4.02. The van der Waals surface area contributed by atoms with Crippen LogP contribution in [0.2, 0.25) is 0 Å². The highest BCUT2D eigenvalue weighted by molar-refractivity contribution is 5.87. The monoisotopic (exact) mass is 156 g/mol. The first kappa shape index (κ1) is 8.53. The molecule has 0 bridgehead atoms. The smallest absolute Gasteiger partial charge is 0.152 e. The molecule has 0 unspecified atom stereocenters. The van der Waals surface area contributed by atoms with E-state index < -0.39 is 0 Å². The number of rotatable bonds is 2. The molecule has 11 heavy (non-hydrogen) atoms. The van der Waals surface area contributed by atoms with Crippen LogP contribution < -0.4 is 5.73 Å².